The van der Waals surface area contributed by atoms with Crippen molar-refractivity contribution in [3.05, 3.63) is 47.0 Å². The molecule has 86 valence electrons. The van der Waals surface area contributed by atoms with Crippen LogP contribution in [-0.4, -0.2) is 14.8 Å². The van der Waals surface area contributed by atoms with Crippen molar-refractivity contribution in [2.75, 3.05) is 0 Å². The van der Waals surface area contributed by atoms with Gasteiger partial charge in [0.1, 0.15) is 11.6 Å². The maximum Gasteiger partial charge on any atom is 0.150 e. The molecule has 2 rings (SSSR count). The first-order valence-corrected chi connectivity index (χ1v) is 5.69. The van der Waals surface area contributed by atoms with Crippen molar-refractivity contribution < 1.29 is 0 Å². The van der Waals surface area contributed by atoms with Crippen LogP contribution in [0.3, 0.4) is 0 Å². The molecule has 4 nitrogen and oxygen atoms in total. The Balaban J connectivity index is 2.34. The third kappa shape index (κ3) is 2.17. The molecule has 1 aromatic heterocycles. The molecule has 0 radical (unpaired) electrons. The molecule has 0 aliphatic rings. The summed E-state index contributed by atoms with van der Waals surface area (Å²) in [7, 11) is 1.91. The van der Waals surface area contributed by atoms with Crippen LogP contribution in [0.2, 0.25) is 0 Å². The average molecular weight is 244 g/mol. The topological polar surface area (TPSA) is 54.5 Å². The summed E-state index contributed by atoms with van der Waals surface area (Å²) in [6.45, 7) is 1.90. The van der Waals surface area contributed by atoms with Crippen LogP contribution in [0.4, 0.5) is 0 Å². The lowest BCUT2D eigenvalue weighted by Crippen LogP contribution is -2.03. The highest BCUT2D eigenvalue weighted by Gasteiger charge is 2.16. The number of aromatic nitrogens is 3. The largest absolute Gasteiger partial charge is 0.317 e. The third-order valence-electron chi connectivity index (χ3n) is 2.73. The molecular weight excluding hydrogens is 232 g/mol. The highest BCUT2D eigenvalue weighted by molar-refractivity contribution is 7.80. The lowest BCUT2D eigenvalue weighted by Gasteiger charge is -2.10. The van der Waals surface area contributed by atoms with Crippen molar-refractivity contribution in [1.82, 2.24) is 14.8 Å². The van der Waals surface area contributed by atoms with E-state index < -0.39 is 0 Å². The van der Waals surface area contributed by atoms with Crippen molar-refractivity contribution >= 4 is 12.6 Å². The van der Waals surface area contributed by atoms with Crippen LogP contribution >= 0.6 is 12.6 Å². The SMILES string of the molecule is Cc1nnc(C(S)c2ccc(C#N)cc2)n1C. The Morgan fingerprint density at radius 3 is 2.41 bits per heavy atom. The van der Waals surface area contributed by atoms with Gasteiger partial charge in [-0.1, -0.05) is 12.1 Å². The first-order valence-electron chi connectivity index (χ1n) is 5.17. The van der Waals surface area contributed by atoms with Gasteiger partial charge in [-0.3, -0.25) is 0 Å². The molecule has 5 heteroatoms. The normalized spacial score (nSPS) is 12.1. The first-order chi connectivity index (χ1) is 8.13. The summed E-state index contributed by atoms with van der Waals surface area (Å²) in [5.41, 5.74) is 1.64. The van der Waals surface area contributed by atoms with E-state index in [-0.39, 0.29) is 5.25 Å². The third-order valence-corrected chi connectivity index (χ3v) is 3.26. The summed E-state index contributed by atoms with van der Waals surface area (Å²) in [6.07, 6.45) is 0. The summed E-state index contributed by atoms with van der Waals surface area (Å²) < 4.78 is 1.91. The van der Waals surface area contributed by atoms with E-state index in [1.807, 2.05) is 30.7 Å². The quantitative estimate of drug-likeness (QED) is 0.822. The molecule has 0 saturated heterocycles. The molecule has 0 spiro atoms. The lowest BCUT2D eigenvalue weighted by atomic mass is 10.1. The standard InChI is InChI=1S/C12H12N4S/c1-8-14-15-12(16(8)2)11(17)10-5-3-9(7-13)4-6-10/h3-6,11,17H,1-2H3. The molecule has 0 amide bonds. The lowest BCUT2D eigenvalue weighted by molar-refractivity contribution is 0.791. The Morgan fingerprint density at radius 1 is 1.29 bits per heavy atom. The zero-order valence-electron chi connectivity index (χ0n) is 9.62. The molecule has 0 aliphatic heterocycles. The fourth-order valence-electron chi connectivity index (χ4n) is 1.55. The molecule has 0 aliphatic carbocycles. The molecule has 1 heterocycles. The van der Waals surface area contributed by atoms with E-state index in [1.165, 1.54) is 0 Å². The van der Waals surface area contributed by atoms with E-state index in [2.05, 4.69) is 28.9 Å². The molecule has 1 aromatic carbocycles. The van der Waals surface area contributed by atoms with Crippen LogP contribution in [-0.2, 0) is 7.05 Å². The number of benzene rings is 1. The molecular formula is C12H12N4S. The van der Waals surface area contributed by atoms with Gasteiger partial charge in [-0.15, -0.1) is 10.2 Å². The predicted molar refractivity (Wildman–Crippen MR) is 67.7 cm³/mol. The van der Waals surface area contributed by atoms with Gasteiger partial charge < -0.3 is 4.57 Å². The summed E-state index contributed by atoms with van der Waals surface area (Å²) in [4.78, 5) is 0. The minimum absolute atomic E-state index is 0.131. The predicted octanol–water partition coefficient (Wildman–Crippen LogP) is 2.01. The van der Waals surface area contributed by atoms with Crippen LogP contribution in [0.25, 0.3) is 0 Å². The number of aryl methyl sites for hydroxylation is 1. The van der Waals surface area contributed by atoms with E-state index in [0.29, 0.717) is 5.56 Å². The van der Waals surface area contributed by atoms with E-state index >= 15 is 0 Å². The van der Waals surface area contributed by atoms with Crippen LogP contribution in [0.1, 0.15) is 28.0 Å². The number of nitriles is 1. The summed E-state index contributed by atoms with van der Waals surface area (Å²) in [6, 6.07) is 9.43. The fraction of sp³-hybridized carbons (Fsp3) is 0.250. The maximum atomic E-state index is 8.74. The Kier molecular flexibility index (Phi) is 3.16. The number of hydrogen-bond acceptors (Lipinski definition) is 4. The zero-order chi connectivity index (χ0) is 12.4. The minimum Gasteiger partial charge on any atom is -0.317 e. The van der Waals surface area contributed by atoms with Gasteiger partial charge in [0, 0.05) is 7.05 Å². The van der Waals surface area contributed by atoms with Gasteiger partial charge in [0.15, 0.2) is 0 Å². The minimum atomic E-state index is -0.131. The van der Waals surface area contributed by atoms with Gasteiger partial charge in [-0.25, -0.2) is 0 Å². The smallest absolute Gasteiger partial charge is 0.150 e. The van der Waals surface area contributed by atoms with Gasteiger partial charge in [-0.05, 0) is 24.6 Å². The molecule has 0 saturated carbocycles. The average Bonchev–Trinajstić information content (AvgIpc) is 2.69. The highest BCUT2D eigenvalue weighted by Crippen LogP contribution is 2.26. The summed E-state index contributed by atoms with van der Waals surface area (Å²) in [5, 5.41) is 16.7. The van der Waals surface area contributed by atoms with Crippen LogP contribution < -0.4 is 0 Å². The second-order valence-electron chi connectivity index (χ2n) is 3.80. The second-order valence-corrected chi connectivity index (χ2v) is 4.32. The number of hydrogen-bond donors (Lipinski definition) is 1. The van der Waals surface area contributed by atoms with Gasteiger partial charge in [0.25, 0.3) is 0 Å². The van der Waals surface area contributed by atoms with Gasteiger partial charge >= 0.3 is 0 Å². The Labute approximate surface area is 105 Å². The van der Waals surface area contributed by atoms with Crippen molar-refractivity contribution in [2.45, 2.75) is 12.2 Å². The molecule has 1 unspecified atom stereocenters. The molecule has 0 bridgehead atoms. The van der Waals surface area contributed by atoms with Crippen LogP contribution in [0, 0.1) is 18.3 Å². The van der Waals surface area contributed by atoms with E-state index in [1.54, 1.807) is 12.1 Å². The van der Waals surface area contributed by atoms with E-state index in [9.17, 15) is 0 Å². The second kappa shape index (κ2) is 4.60. The Bertz CT molecular complexity index is 565. The fourth-order valence-corrected chi connectivity index (χ4v) is 1.95. The molecule has 17 heavy (non-hydrogen) atoms. The summed E-state index contributed by atoms with van der Waals surface area (Å²) in [5.74, 6) is 1.66. The van der Waals surface area contributed by atoms with Crippen molar-refractivity contribution in [3.8, 4) is 6.07 Å². The molecule has 0 fully saturated rings. The van der Waals surface area contributed by atoms with Crippen LogP contribution in [0.5, 0.6) is 0 Å². The Morgan fingerprint density at radius 2 is 1.94 bits per heavy atom. The zero-order valence-corrected chi connectivity index (χ0v) is 10.5. The van der Waals surface area contributed by atoms with E-state index in [4.69, 9.17) is 5.26 Å². The first kappa shape index (κ1) is 11.7. The monoisotopic (exact) mass is 244 g/mol. The van der Waals surface area contributed by atoms with Crippen molar-refractivity contribution in [3.63, 3.8) is 0 Å². The Hall–Kier alpha value is -1.80. The molecule has 2 aromatic rings. The number of nitrogens with zero attached hydrogens (tertiary/aromatic N) is 4. The maximum absolute atomic E-state index is 8.74. The van der Waals surface area contributed by atoms with Gasteiger partial charge in [0.2, 0.25) is 0 Å². The van der Waals surface area contributed by atoms with Crippen molar-refractivity contribution in [1.29, 1.82) is 5.26 Å². The number of rotatable bonds is 2. The van der Waals surface area contributed by atoms with Crippen molar-refractivity contribution in [2.24, 2.45) is 7.05 Å². The van der Waals surface area contributed by atoms with Crippen LogP contribution in [0.15, 0.2) is 24.3 Å². The highest BCUT2D eigenvalue weighted by atomic mass is 32.1. The van der Waals surface area contributed by atoms with Gasteiger partial charge in [-0.2, -0.15) is 17.9 Å². The van der Waals surface area contributed by atoms with E-state index in [0.717, 1.165) is 17.2 Å². The number of thiol groups is 1. The van der Waals surface area contributed by atoms with Gasteiger partial charge in [0.05, 0.1) is 16.9 Å². The summed E-state index contributed by atoms with van der Waals surface area (Å²) >= 11 is 4.55. The molecule has 0 N–H and O–H groups in total. The molecule has 1 atom stereocenters.